The first kappa shape index (κ1) is 73.4. The number of aliphatic hydroxyl groups excluding tert-OH is 2. The number of anilines is 5. The fraction of sp³-hybridized carbons (Fsp3) is 0.500. The number of nitrogen functional groups attached to an aromatic ring is 5. The van der Waals surface area contributed by atoms with Gasteiger partial charge >= 0.3 is 31.3 Å². The number of hydrogen-bond acceptors (Lipinski definition) is 39. The van der Waals surface area contributed by atoms with Crippen LogP contribution in [0.15, 0.2) is 55.6 Å². The molecule has 574 valence electrons. The molecule has 4 unspecified atom stereocenters. The van der Waals surface area contributed by atoms with E-state index in [-0.39, 0.29) is 98.4 Å². The zero-order valence-electron chi connectivity index (χ0n) is 54.2. The monoisotopic (exact) mass is 1580 g/mol. The standard InChI is InChI=1S/C50H61N25O28P4/c51-46-61-36-31(41(78)66-46)56-11-71(36)26-1-16(77)22(96-26)7-91-104(83,84)101-18-3-28(73-13-58-33-38(73)63-48(53)68-43(33)80)98-24(18)9-93-106(87,88)103-20-5-30(75-15-60-35-40(75)65-50(55)70-45(35)82)99-25(20)10-94-107(89,90)102-19-4-29(74-14-59-34-39(74)64-49(54)69-44(34)81)97-23(19)8-92-105(85,86)100-17-2-27(95-21(17)6-76)72-12-57-32-37(72)62-47(52)67-42(32)79/h11-30,76-77H,1-10H2,(H,83,84)(H,85,86)(H,87,88)(H,89,90)(H3,51,61,66,78)(H3,52,62,67,79)(H3,53,63,68,80)(H3,54,64,69,81)(H3,55,65,70,82)/t16-,17-,18-,19-,20-,21+,22+,23+,24+,25+,26+,27+,28+,29+,30+/m0/s1. The first-order valence-corrected chi connectivity index (χ1v) is 37.6. The van der Waals surface area contributed by atoms with Crippen LogP contribution in [-0.2, 0) is 78.1 Å². The lowest BCUT2D eigenvalue weighted by Crippen LogP contribution is -2.32. The number of nitrogens with two attached hydrogens (primary N) is 5. The fourth-order valence-corrected chi connectivity index (χ4v) is 16.7. The van der Waals surface area contributed by atoms with Gasteiger partial charge in [-0.2, -0.15) is 24.9 Å². The minimum absolute atomic E-state index is 0.00523. The van der Waals surface area contributed by atoms with Crippen LogP contribution in [0.3, 0.4) is 0 Å². The number of nitrogens with one attached hydrogen (secondary N) is 5. The lowest BCUT2D eigenvalue weighted by Gasteiger charge is -2.25. The lowest BCUT2D eigenvalue weighted by atomic mass is 10.2. The van der Waals surface area contributed by atoms with Gasteiger partial charge in [0.25, 0.3) is 27.8 Å². The highest BCUT2D eigenvalue weighted by atomic mass is 31.2. The highest BCUT2D eigenvalue weighted by molar-refractivity contribution is 7.48. The number of imidazole rings is 5. The van der Waals surface area contributed by atoms with Crippen molar-refractivity contribution in [3.63, 3.8) is 0 Å². The number of phosphoric ester groups is 4. The molecule has 0 amide bonds. The molecule has 10 aromatic rings. The van der Waals surface area contributed by atoms with E-state index in [0.29, 0.717) is 0 Å². The molecular weight excluding hydrogens is 1520 g/mol. The summed E-state index contributed by atoms with van der Waals surface area (Å²) in [6.07, 6.45) is -17.7. The van der Waals surface area contributed by atoms with Crippen molar-refractivity contribution in [2.24, 2.45) is 0 Å². The molecule has 0 spiro atoms. The smallest absolute Gasteiger partial charge is 0.394 e. The van der Waals surface area contributed by atoms with Gasteiger partial charge in [-0.25, -0.2) is 43.2 Å². The van der Waals surface area contributed by atoms with Crippen molar-refractivity contribution in [3.05, 3.63) is 83.4 Å². The molecule has 0 saturated carbocycles. The molecule has 107 heavy (non-hydrogen) atoms. The van der Waals surface area contributed by atoms with Crippen molar-refractivity contribution < 1.29 is 108 Å². The fourth-order valence-electron chi connectivity index (χ4n) is 12.8. The molecule has 21 N–H and O–H groups in total. The molecule has 10 aromatic heterocycles. The second-order valence-corrected chi connectivity index (χ2v) is 30.2. The van der Waals surface area contributed by atoms with Gasteiger partial charge in [0.15, 0.2) is 55.8 Å². The molecular formula is C50H61N25O28P4. The third kappa shape index (κ3) is 14.9. The van der Waals surface area contributed by atoms with Crippen LogP contribution in [0.25, 0.3) is 55.8 Å². The Kier molecular flexibility index (Phi) is 19.3. The van der Waals surface area contributed by atoms with Crippen LogP contribution in [0, 0.1) is 0 Å². The summed E-state index contributed by atoms with van der Waals surface area (Å²) in [4.78, 5) is 162. The SMILES string of the molecule is Nc1nc2c(ncn2[C@H]2C[C@H](OP(=O)(O)OC[C@H]3O[C@@H](n4cnc5c(=O)[nH]c(N)nc54)C[C@@H]3OP(=O)(O)OC[C@H]3O[C@@H](n4cnc5c(=O)[nH]c(N)nc54)C[C@@H]3OP(=O)(O)OC[C@H]3O[C@@H](n4cnc5c(=O)[nH]c(N)nc54)C[C@@H]3OP(=O)(O)OC[C@H]3O[C@@H](n4cnc5c(=O)[nH]c(N)nc54)C[C@@H]3O)[C@@H](CO)O2)c(=O)[nH]1. The largest absolute Gasteiger partial charge is 0.472 e. The van der Waals surface area contributed by atoms with Gasteiger partial charge in [0.05, 0.1) is 70.8 Å². The van der Waals surface area contributed by atoms with E-state index in [2.05, 4.69) is 74.8 Å². The second kappa shape index (κ2) is 28.2. The second-order valence-electron chi connectivity index (χ2n) is 24.6. The molecule has 15 rings (SSSR count). The van der Waals surface area contributed by atoms with Crippen LogP contribution in [0.4, 0.5) is 29.7 Å². The Bertz CT molecular complexity index is 5630. The van der Waals surface area contributed by atoms with Gasteiger partial charge in [-0.05, 0) is 0 Å². The highest BCUT2D eigenvalue weighted by Gasteiger charge is 2.50. The summed E-state index contributed by atoms with van der Waals surface area (Å²) in [7, 11) is -21.7. The molecule has 0 aliphatic carbocycles. The number of fused-ring (bicyclic) bond motifs is 5. The van der Waals surface area contributed by atoms with Crippen molar-refractivity contribution in [2.75, 3.05) is 61.7 Å². The molecule has 57 heteroatoms. The molecule has 0 bridgehead atoms. The number of hydrogen-bond donors (Lipinski definition) is 16. The maximum Gasteiger partial charge on any atom is 0.472 e. The number of phosphoric acid groups is 4. The zero-order valence-corrected chi connectivity index (χ0v) is 57.7. The first-order valence-electron chi connectivity index (χ1n) is 31.6. The predicted molar refractivity (Wildman–Crippen MR) is 351 cm³/mol. The van der Waals surface area contributed by atoms with Gasteiger partial charge in [0.1, 0.15) is 86.1 Å². The minimum Gasteiger partial charge on any atom is -0.394 e. The number of aromatic nitrogens is 20. The molecule has 5 fully saturated rings. The van der Waals surface area contributed by atoms with Gasteiger partial charge < -0.3 is 82.1 Å². The number of rotatable bonds is 26. The van der Waals surface area contributed by atoms with E-state index in [9.17, 15) is 72.0 Å². The molecule has 0 radical (unpaired) electrons. The lowest BCUT2D eigenvalue weighted by molar-refractivity contribution is -0.0632. The van der Waals surface area contributed by atoms with E-state index < -0.39 is 204 Å². The van der Waals surface area contributed by atoms with E-state index >= 15 is 0 Å². The quantitative estimate of drug-likeness (QED) is 0.0233. The average Bonchev–Trinajstić information content (AvgIpc) is 1.60. The van der Waals surface area contributed by atoms with Gasteiger partial charge in [0, 0.05) is 32.1 Å². The summed E-state index contributed by atoms with van der Waals surface area (Å²) < 4.78 is 137. The maximum absolute atomic E-state index is 14.4. The molecule has 0 aromatic carbocycles. The van der Waals surface area contributed by atoms with Crippen LogP contribution in [0.5, 0.6) is 0 Å². The Morgan fingerprint density at radius 1 is 0.374 bits per heavy atom. The summed E-state index contributed by atoms with van der Waals surface area (Å²) >= 11 is 0. The van der Waals surface area contributed by atoms with Crippen molar-refractivity contribution in [3.8, 4) is 0 Å². The topological polar surface area (TPSA) is 758 Å². The normalized spacial score (nSPS) is 28.6. The van der Waals surface area contributed by atoms with E-state index in [4.69, 9.17) is 88.5 Å². The summed E-state index contributed by atoms with van der Waals surface area (Å²) in [5.74, 6) is -1.57. The third-order valence-corrected chi connectivity index (χ3v) is 21.6. The predicted octanol–water partition coefficient (Wildman–Crippen LogP) is -3.64. The van der Waals surface area contributed by atoms with Gasteiger partial charge in [-0.3, -0.25) is 108 Å². The van der Waals surface area contributed by atoms with Gasteiger partial charge in [0.2, 0.25) is 29.7 Å². The van der Waals surface area contributed by atoms with E-state index in [1.165, 1.54) is 35.5 Å². The summed E-state index contributed by atoms with van der Waals surface area (Å²) in [5, 5.41) is 21.3. The molecule has 5 aliphatic heterocycles. The Balaban J connectivity index is 0.649. The summed E-state index contributed by atoms with van der Waals surface area (Å²) in [6, 6.07) is 0. The Hall–Kier alpha value is -9.09. The van der Waals surface area contributed by atoms with Crippen LogP contribution < -0.4 is 56.5 Å². The Morgan fingerprint density at radius 2 is 0.589 bits per heavy atom. The van der Waals surface area contributed by atoms with E-state index in [1.54, 1.807) is 0 Å². The van der Waals surface area contributed by atoms with E-state index in [1.807, 2.05) is 0 Å². The maximum atomic E-state index is 14.4. The number of ether oxygens (including phenoxy) is 5. The van der Waals surface area contributed by atoms with Gasteiger partial charge in [-0.1, -0.05) is 0 Å². The highest BCUT2D eigenvalue weighted by Crippen LogP contribution is 2.55. The molecule has 15 heterocycles. The van der Waals surface area contributed by atoms with Crippen molar-refractivity contribution >= 4 is 117 Å². The van der Waals surface area contributed by atoms with Crippen LogP contribution in [0.2, 0.25) is 0 Å². The minimum atomic E-state index is -5.56. The Morgan fingerprint density at radius 3 is 0.841 bits per heavy atom. The summed E-state index contributed by atoms with van der Waals surface area (Å²) in [5.41, 5.74) is 24.0. The number of nitrogens with zero attached hydrogens (tertiary/aromatic N) is 15. The van der Waals surface area contributed by atoms with E-state index in [0.717, 1.165) is 19.0 Å². The van der Waals surface area contributed by atoms with Crippen LogP contribution in [-0.4, -0.2) is 221 Å². The summed E-state index contributed by atoms with van der Waals surface area (Å²) in [6.45, 7) is -4.66. The molecule has 53 nitrogen and oxygen atoms in total. The van der Waals surface area contributed by atoms with Crippen molar-refractivity contribution in [1.29, 1.82) is 0 Å². The van der Waals surface area contributed by atoms with Crippen molar-refractivity contribution in [2.45, 2.75) is 124 Å². The first-order chi connectivity index (χ1) is 50.8. The molecule has 5 saturated heterocycles. The van der Waals surface area contributed by atoms with Crippen molar-refractivity contribution in [1.82, 2.24) is 97.6 Å². The van der Waals surface area contributed by atoms with Crippen LogP contribution >= 0.6 is 31.3 Å². The van der Waals surface area contributed by atoms with Crippen LogP contribution in [0.1, 0.15) is 63.2 Å². The number of H-pyrrole nitrogens is 5. The molecule has 5 aliphatic rings. The van der Waals surface area contributed by atoms with Gasteiger partial charge in [-0.15, -0.1) is 0 Å². The number of aliphatic hydroxyl groups is 2. The average molecular weight is 1580 g/mol. The third-order valence-electron chi connectivity index (χ3n) is 17.6. The Labute approximate surface area is 589 Å². The number of aromatic amines is 5. The molecule has 19 atom stereocenters. The zero-order chi connectivity index (χ0) is 75.5.